The average molecular weight is 478 g/mol. The van der Waals surface area contributed by atoms with E-state index in [4.69, 9.17) is 0 Å². The first-order chi connectivity index (χ1) is 14.4. The number of nitrogens with zero attached hydrogens (tertiary/aromatic N) is 1. The minimum Gasteiger partial charge on any atom is -0.321 e. The van der Waals surface area contributed by atoms with Crippen molar-refractivity contribution < 1.29 is 14.4 Å². The Bertz CT molecular complexity index is 1430. The van der Waals surface area contributed by atoms with Crippen molar-refractivity contribution in [1.82, 2.24) is 4.57 Å². The highest BCUT2D eigenvalue weighted by molar-refractivity contribution is 9.10. The summed E-state index contributed by atoms with van der Waals surface area (Å²) < 4.78 is 14.7. The predicted octanol–water partition coefficient (Wildman–Crippen LogP) is 6.02. The van der Waals surface area contributed by atoms with Crippen LogP contribution in [-0.4, -0.2) is 14.4 Å². The highest BCUT2D eigenvalue weighted by Gasteiger charge is 2.16. The molecule has 0 saturated carbocycles. The van der Waals surface area contributed by atoms with Crippen molar-refractivity contribution in [3.63, 3.8) is 0 Å². The Morgan fingerprint density at radius 1 is 0.700 bits per heavy atom. The molecule has 0 spiro atoms. The van der Waals surface area contributed by atoms with Crippen molar-refractivity contribution in [2.24, 2.45) is 0 Å². The molecule has 0 bridgehead atoms. The normalized spacial score (nSPS) is 12.0. The molecule has 0 atom stereocenters. The summed E-state index contributed by atoms with van der Waals surface area (Å²) in [6.45, 7) is 0. The van der Waals surface area contributed by atoms with Gasteiger partial charge in [-0.2, -0.15) is 0 Å². The Labute approximate surface area is 181 Å². The minimum absolute atomic E-state index is 0.0271. The molecule has 0 aliphatic rings. The molecular formula is C24H17BrNO3P. The highest BCUT2D eigenvalue weighted by Crippen LogP contribution is 2.35. The van der Waals surface area contributed by atoms with Crippen molar-refractivity contribution in [1.29, 1.82) is 0 Å². The van der Waals surface area contributed by atoms with Gasteiger partial charge < -0.3 is 14.4 Å². The Kier molecular flexibility index (Phi) is 4.64. The number of hydrogen-bond acceptors (Lipinski definition) is 1. The van der Waals surface area contributed by atoms with Crippen LogP contribution < -0.4 is 5.30 Å². The van der Waals surface area contributed by atoms with Crippen LogP contribution in [0.1, 0.15) is 0 Å². The monoisotopic (exact) mass is 477 g/mol. The lowest BCUT2D eigenvalue weighted by Crippen LogP contribution is -2.02. The molecule has 4 nitrogen and oxygen atoms in total. The standard InChI is InChI=1S/C24H17BrNO3P/c25-18-9-14-24-22(15-18)21-3-1-2-4-23(21)26(24)19-10-5-16(6-11-19)17-7-12-20(13-8-17)30(27,28)29/h1-15H,(H2,27,28,29). The molecule has 6 heteroatoms. The van der Waals surface area contributed by atoms with Crippen LogP contribution in [0.5, 0.6) is 0 Å². The molecule has 0 aliphatic heterocycles. The summed E-state index contributed by atoms with van der Waals surface area (Å²) in [5.74, 6) is 0. The summed E-state index contributed by atoms with van der Waals surface area (Å²) in [5, 5.41) is 2.42. The van der Waals surface area contributed by atoms with Gasteiger partial charge >= 0.3 is 7.60 Å². The first kappa shape index (κ1) is 19.3. The van der Waals surface area contributed by atoms with Crippen molar-refractivity contribution in [3.05, 3.63) is 95.5 Å². The third kappa shape index (κ3) is 3.30. The maximum atomic E-state index is 11.4. The van der Waals surface area contributed by atoms with Gasteiger partial charge in [0.05, 0.1) is 16.3 Å². The Morgan fingerprint density at radius 3 is 1.97 bits per heavy atom. The van der Waals surface area contributed by atoms with Crippen LogP contribution in [0.4, 0.5) is 0 Å². The molecule has 4 aromatic carbocycles. The van der Waals surface area contributed by atoms with Gasteiger partial charge in [0.25, 0.3) is 0 Å². The van der Waals surface area contributed by atoms with E-state index in [1.54, 1.807) is 12.1 Å². The van der Waals surface area contributed by atoms with E-state index < -0.39 is 7.60 Å². The van der Waals surface area contributed by atoms with E-state index in [0.717, 1.165) is 32.3 Å². The molecule has 5 rings (SSSR count). The van der Waals surface area contributed by atoms with Gasteiger partial charge in [0.1, 0.15) is 0 Å². The molecule has 148 valence electrons. The van der Waals surface area contributed by atoms with E-state index in [-0.39, 0.29) is 5.30 Å². The fourth-order valence-corrected chi connectivity index (χ4v) is 4.77. The molecule has 0 amide bonds. The third-order valence-electron chi connectivity index (χ3n) is 5.30. The topological polar surface area (TPSA) is 62.5 Å². The Balaban J connectivity index is 1.61. The van der Waals surface area contributed by atoms with Gasteiger partial charge in [-0.25, -0.2) is 0 Å². The maximum absolute atomic E-state index is 11.4. The van der Waals surface area contributed by atoms with Gasteiger partial charge in [0, 0.05) is 20.9 Å². The van der Waals surface area contributed by atoms with Crippen LogP contribution in [0.15, 0.2) is 95.5 Å². The van der Waals surface area contributed by atoms with E-state index in [0.29, 0.717) is 0 Å². The number of halogens is 1. The molecule has 0 aliphatic carbocycles. The lowest BCUT2D eigenvalue weighted by atomic mass is 10.1. The zero-order chi connectivity index (χ0) is 20.9. The maximum Gasteiger partial charge on any atom is 0.356 e. The second kappa shape index (κ2) is 7.22. The van der Waals surface area contributed by atoms with E-state index in [1.165, 1.54) is 22.9 Å². The van der Waals surface area contributed by atoms with E-state index in [9.17, 15) is 14.4 Å². The smallest absolute Gasteiger partial charge is 0.321 e. The highest BCUT2D eigenvalue weighted by atomic mass is 79.9. The SMILES string of the molecule is O=P(O)(O)c1ccc(-c2ccc(-n3c4ccccc4c4cc(Br)ccc43)cc2)cc1. The van der Waals surface area contributed by atoms with Crippen molar-refractivity contribution in [2.45, 2.75) is 0 Å². The van der Waals surface area contributed by atoms with E-state index in [1.807, 2.05) is 18.2 Å². The van der Waals surface area contributed by atoms with Gasteiger partial charge in [-0.15, -0.1) is 0 Å². The number of para-hydroxylation sites is 1. The quantitative estimate of drug-likeness (QED) is 0.312. The predicted molar refractivity (Wildman–Crippen MR) is 126 cm³/mol. The summed E-state index contributed by atoms with van der Waals surface area (Å²) in [5.41, 5.74) is 5.23. The largest absolute Gasteiger partial charge is 0.356 e. The van der Waals surface area contributed by atoms with Gasteiger partial charge in [0.2, 0.25) is 0 Å². The fraction of sp³-hybridized carbons (Fsp3) is 0. The zero-order valence-corrected chi connectivity index (χ0v) is 18.2. The van der Waals surface area contributed by atoms with Crippen LogP contribution in [0.25, 0.3) is 38.6 Å². The number of benzene rings is 4. The van der Waals surface area contributed by atoms with Crippen molar-refractivity contribution in [2.75, 3.05) is 0 Å². The van der Waals surface area contributed by atoms with Gasteiger partial charge in [-0.3, -0.25) is 4.57 Å². The fourth-order valence-electron chi connectivity index (χ4n) is 3.87. The lowest BCUT2D eigenvalue weighted by molar-refractivity contribution is 0.387. The first-order valence-electron chi connectivity index (χ1n) is 9.37. The van der Waals surface area contributed by atoms with Crippen LogP contribution in [0.2, 0.25) is 0 Å². The van der Waals surface area contributed by atoms with Gasteiger partial charge in [-0.1, -0.05) is 58.4 Å². The molecular weight excluding hydrogens is 461 g/mol. The van der Waals surface area contributed by atoms with Crippen LogP contribution in [-0.2, 0) is 4.57 Å². The molecule has 0 unspecified atom stereocenters. The summed E-state index contributed by atoms with van der Waals surface area (Å²) in [4.78, 5) is 18.6. The average Bonchev–Trinajstić information content (AvgIpc) is 3.07. The lowest BCUT2D eigenvalue weighted by Gasteiger charge is -2.10. The summed E-state index contributed by atoms with van der Waals surface area (Å²) in [6, 6.07) is 29.3. The third-order valence-corrected chi connectivity index (χ3v) is 6.76. The zero-order valence-electron chi connectivity index (χ0n) is 15.7. The Morgan fingerprint density at radius 2 is 1.30 bits per heavy atom. The summed E-state index contributed by atoms with van der Waals surface area (Å²) >= 11 is 3.58. The number of rotatable bonds is 3. The number of fused-ring (bicyclic) bond motifs is 3. The van der Waals surface area contributed by atoms with Crippen molar-refractivity contribution >= 4 is 50.6 Å². The molecule has 0 fully saturated rings. The van der Waals surface area contributed by atoms with Crippen LogP contribution in [0, 0.1) is 0 Å². The molecule has 5 aromatic rings. The van der Waals surface area contributed by atoms with Crippen LogP contribution >= 0.6 is 23.5 Å². The molecule has 2 N–H and O–H groups in total. The molecule has 30 heavy (non-hydrogen) atoms. The van der Waals surface area contributed by atoms with Crippen molar-refractivity contribution in [3.8, 4) is 16.8 Å². The Hall–Kier alpha value is -2.69. The molecule has 0 saturated heterocycles. The van der Waals surface area contributed by atoms with Gasteiger partial charge in [-0.05, 0) is 59.7 Å². The second-order valence-electron chi connectivity index (χ2n) is 7.15. The van der Waals surface area contributed by atoms with E-state index in [2.05, 4.69) is 69.0 Å². The second-order valence-corrected chi connectivity index (χ2v) is 9.67. The van der Waals surface area contributed by atoms with Crippen LogP contribution in [0.3, 0.4) is 0 Å². The number of aromatic nitrogens is 1. The summed E-state index contributed by atoms with van der Waals surface area (Å²) in [6.07, 6.45) is 0. The minimum atomic E-state index is -4.23. The molecule has 1 heterocycles. The summed E-state index contributed by atoms with van der Waals surface area (Å²) in [7, 11) is -4.23. The molecule has 1 aromatic heterocycles. The molecule has 0 radical (unpaired) electrons. The van der Waals surface area contributed by atoms with Gasteiger partial charge in [0.15, 0.2) is 0 Å². The number of hydrogen-bond donors (Lipinski definition) is 2. The van der Waals surface area contributed by atoms with E-state index >= 15 is 0 Å². The first-order valence-corrected chi connectivity index (χ1v) is 11.8.